The molecule has 2 aliphatic rings. The van der Waals surface area contributed by atoms with E-state index in [4.69, 9.17) is 0 Å². The number of amides is 2. The normalized spacial score (nSPS) is 16.8. The number of nitrogens with one attached hydrogen (secondary N) is 1. The molecule has 2 aliphatic heterocycles. The van der Waals surface area contributed by atoms with Gasteiger partial charge in [0.15, 0.2) is 0 Å². The number of carbonyl (C=O) groups is 2. The minimum atomic E-state index is -0.215. The van der Waals surface area contributed by atoms with Crippen molar-refractivity contribution in [3.63, 3.8) is 0 Å². The molecule has 0 fully saturated rings. The fourth-order valence-corrected chi connectivity index (χ4v) is 3.27. The number of pyridine rings is 1. The molecule has 2 amide bonds. The number of fused-ring (bicyclic) bond motifs is 1. The van der Waals surface area contributed by atoms with Gasteiger partial charge >= 0.3 is 0 Å². The number of rotatable bonds is 2. The number of hydrogen-bond acceptors (Lipinski definition) is 6. The van der Waals surface area contributed by atoms with Crippen LogP contribution in [0.4, 0.5) is 0 Å². The average Bonchev–Trinajstić information content (AvgIpc) is 2.69. The standard InChI is InChI=1S/C18H18N6O3/c1-23-15(25)3-2-13(22-23)18(27)24-9-6-12-14(10-24)20-16(21-17(12)26)11-4-7-19-8-5-11/h4-5,7-8H,2-3,6,9-10H2,1H3,(H,20,21,26). The highest BCUT2D eigenvalue weighted by molar-refractivity contribution is 6.39. The van der Waals surface area contributed by atoms with Gasteiger partial charge < -0.3 is 9.88 Å². The van der Waals surface area contributed by atoms with Crippen LogP contribution in [0.3, 0.4) is 0 Å². The first-order valence-corrected chi connectivity index (χ1v) is 8.68. The molecule has 0 aliphatic carbocycles. The molecule has 138 valence electrons. The molecular weight excluding hydrogens is 348 g/mol. The summed E-state index contributed by atoms with van der Waals surface area (Å²) in [5.74, 6) is 0.133. The summed E-state index contributed by atoms with van der Waals surface area (Å²) < 4.78 is 0. The third-order valence-corrected chi connectivity index (χ3v) is 4.77. The molecule has 0 radical (unpaired) electrons. The lowest BCUT2D eigenvalue weighted by atomic mass is 10.0. The van der Waals surface area contributed by atoms with Crippen LogP contribution in [0.5, 0.6) is 0 Å². The second-order valence-electron chi connectivity index (χ2n) is 6.52. The highest BCUT2D eigenvalue weighted by atomic mass is 16.2. The Hall–Kier alpha value is -3.36. The van der Waals surface area contributed by atoms with Gasteiger partial charge in [-0.3, -0.25) is 19.4 Å². The van der Waals surface area contributed by atoms with Crippen LogP contribution in [-0.2, 0) is 22.6 Å². The summed E-state index contributed by atoms with van der Waals surface area (Å²) in [4.78, 5) is 49.7. The van der Waals surface area contributed by atoms with Gasteiger partial charge in [0.1, 0.15) is 11.5 Å². The van der Waals surface area contributed by atoms with E-state index in [1.807, 2.05) is 0 Å². The van der Waals surface area contributed by atoms with E-state index in [0.717, 1.165) is 5.56 Å². The molecule has 0 spiro atoms. The lowest BCUT2D eigenvalue weighted by molar-refractivity contribution is -0.130. The lowest BCUT2D eigenvalue weighted by Gasteiger charge is -2.29. The largest absolute Gasteiger partial charge is 0.331 e. The summed E-state index contributed by atoms with van der Waals surface area (Å²) in [6.07, 6.45) is 4.29. The van der Waals surface area contributed by atoms with Crippen molar-refractivity contribution in [2.75, 3.05) is 13.6 Å². The van der Waals surface area contributed by atoms with E-state index in [9.17, 15) is 14.4 Å². The molecule has 2 aromatic heterocycles. The van der Waals surface area contributed by atoms with Crippen LogP contribution in [0.15, 0.2) is 34.4 Å². The van der Waals surface area contributed by atoms with Gasteiger partial charge in [0.05, 0.1) is 12.2 Å². The predicted molar refractivity (Wildman–Crippen MR) is 96.6 cm³/mol. The van der Waals surface area contributed by atoms with Crippen LogP contribution in [-0.4, -0.2) is 56.0 Å². The molecule has 9 heteroatoms. The Morgan fingerprint density at radius 1 is 1.15 bits per heavy atom. The maximum atomic E-state index is 12.8. The number of H-pyrrole nitrogens is 1. The molecule has 27 heavy (non-hydrogen) atoms. The number of aromatic nitrogens is 3. The van der Waals surface area contributed by atoms with Crippen LogP contribution >= 0.6 is 0 Å². The second kappa shape index (κ2) is 6.75. The number of carbonyl (C=O) groups excluding carboxylic acids is 2. The molecular formula is C18H18N6O3. The van der Waals surface area contributed by atoms with Gasteiger partial charge in [0.2, 0.25) is 5.91 Å². The van der Waals surface area contributed by atoms with E-state index < -0.39 is 0 Å². The molecule has 0 saturated heterocycles. The van der Waals surface area contributed by atoms with E-state index in [1.165, 1.54) is 5.01 Å². The number of hydrazone groups is 1. The summed E-state index contributed by atoms with van der Waals surface area (Å²) in [5.41, 5.74) is 2.13. The van der Waals surface area contributed by atoms with E-state index in [0.29, 0.717) is 42.2 Å². The van der Waals surface area contributed by atoms with Gasteiger partial charge in [-0.05, 0) is 18.6 Å². The molecule has 0 unspecified atom stereocenters. The van der Waals surface area contributed by atoms with E-state index in [2.05, 4.69) is 20.1 Å². The first-order valence-electron chi connectivity index (χ1n) is 8.68. The summed E-state index contributed by atoms with van der Waals surface area (Å²) in [6, 6.07) is 3.53. The fraction of sp³-hybridized carbons (Fsp3) is 0.333. The Bertz CT molecular complexity index is 998. The Morgan fingerprint density at radius 3 is 2.67 bits per heavy atom. The Labute approximate surface area is 154 Å². The van der Waals surface area contributed by atoms with Crippen molar-refractivity contribution in [3.8, 4) is 11.4 Å². The van der Waals surface area contributed by atoms with Gasteiger partial charge in [-0.25, -0.2) is 9.99 Å². The molecule has 0 atom stereocenters. The first-order chi connectivity index (χ1) is 13.0. The van der Waals surface area contributed by atoms with E-state index in [-0.39, 0.29) is 30.3 Å². The van der Waals surface area contributed by atoms with Crippen molar-refractivity contribution < 1.29 is 9.59 Å². The van der Waals surface area contributed by atoms with Crippen LogP contribution in [0.25, 0.3) is 11.4 Å². The summed E-state index contributed by atoms with van der Waals surface area (Å²) in [7, 11) is 1.54. The highest BCUT2D eigenvalue weighted by Crippen LogP contribution is 2.19. The zero-order valence-electron chi connectivity index (χ0n) is 14.8. The van der Waals surface area contributed by atoms with E-state index in [1.54, 1.807) is 36.5 Å². The van der Waals surface area contributed by atoms with E-state index >= 15 is 0 Å². The SMILES string of the molecule is CN1N=C(C(=O)N2CCc3c(nc(-c4ccncc4)[nH]c3=O)C2)CCC1=O. The Kier molecular flexibility index (Phi) is 4.27. The zero-order valence-corrected chi connectivity index (χ0v) is 14.8. The van der Waals surface area contributed by atoms with Crippen molar-refractivity contribution in [2.24, 2.45) is 5.10 Å². The average molecular weight is 366 g/mol. The Balaban J connectivity index is 1.62. The third kappa shape index (κ3) is 3.23. The van der Waals surface area contributed by atoms with Gasteiger partial charge in [0.25, 0.3) is 11.5 Å². The molecule has 0 aromatic carbocycles. The smallest absolute Gasteiger partial charge is 0.270 e. The third-order valence-electron chi connectivity index (χ3n) is 4.77. The summed E-state index contributed by atoms with van der Waals surface area (Å²) >= 11 is 0. The van der Waals surface area contributed by atoms with Crippen LogP contribution in [0.1, 0.15) is 24.1 Å². The van der Waals surface area contributed by atoms with Gasteiger partial charge in [-0.2, -0.15) is 5.10 Å². The van der Waals surface area contributed by atoms with Crippen LogP contribution in [0.2, 0.25) is 0 Å². The number of hydrogen-bond donors (Lipinski definition) is 1. The van der Waals surface area contributed by atoms with Crippen molar-refractivity contribution in [1.82, 2.24) is 24.9 Å². The quantitative estimate of drug-likeness (QED) is 0.823. The minimum absolute atomic E-state index is 0.106. The topological polar surface area (TPSA) is 112 Å². The molecule has 2 aromatic rings. The molecule has 9 nitrogen and oxygen atoms in total. The number of nitrogens with zero attached hydrogens (tertiary/aromatic N) is 5. The maximum Gasteiger partial charge on any atom is 0.270 e. The van der Waals surface area contributed by atoms with Gasteiger partial charge in [-0.15, -0.1) is 0 Å². The maximum absolute atomic E-state index is 12.8. The highest BCUT2D eigenvalue weighted by Gasteiger charge is 2.29. The zero-order chi connectivity index (χ0) is 19.0. The Morgan fingerprint density at radius 2 is 1.93 bits per heavy atom. The van der Waals surface area contributed by atoms with Crippen molar-refractivity contribution in [1.29, 1.82) is 0 Å². The molecule has 1 N–H and O–H groups in total. The molecule has 4 rings (SSSR count). The first kappa shape index (κ1) is 17.1. The lowest BCUT2D eigenvalue weighted by Crippen LogP contribution is -2.44. The summed E-state index contributed by atoms with van der Waals surface area (Å²) in [6.45, 7) is 0.661. The van der Waals surface area contributed by atoms with Crippen LogP contribution in [0, 0.1) is 0 Å². The monoisotopic (exact) mass is 366 g/mol. The van der Waals surface area contributed by atoms with Crippen molar-refractivity contribution in [2.45, 2.75) is 25.8 Å². The van der Waals surface area contributed by atoms with Crippen molar-refractivity contribution in [3.05, 3.63) is 46.1 Å². The second-order valence-corrected chi connectivity index (χ2v) is 6.52. The summed E-state index contributed by atoms with van der Waals surface area (Å²) in [5, 5.41) is 5.30. The van der Waals surface area contributed by atoms with Gasteiger partial charge in [0, 0.05) is 50.0 Å². The van der Waals surface area contributed by atoms with Gasteiger partial charge in [-0.1, -0.05) is 0 Å². The molecule has 0 bridgehead atoms. The predicted octanol–water partition coefficient (Wildman–Crippen LogP) is 0.325. The molecule has 0 saturated carbocycles. The van der Waals surface area contributed by atoms with Crippen LogP contribution < -0.4 is 5.56 Å². The fourth-order valence-electron chi connectivity index (χ4n) is 3.27. The van der Waals surface area contributed by atoms with Crippen molar-refractivity contribution >= 4 is 17.5 Å². The molecule has 4 heterocycles. The number of aromatic amines is 1. The minimum Gasteiger partial charge on any atom is -0.331 e.